The molecule has 1 aliphatic heterocycles. The summed E-state index contributed by atoms with van der Waals surface area (Å²) in [5.41, 5.74) is 5.62. The molecule has 0 aromatic carbocycles. The lowest BCUT2D eigenvalue weighted by atomic mass is 10.2. The molecule has 4 nitrogen and oxygen atoms in total. The van der Waals surface area contributed by atoms with Crippen LogP contribution in [0.25, 0.3) is 0 Å². The number of nitrogens with two attached hydrogens (primary N) is 1. The van der Waals surface area contributed by atoms with Gasteiger partial charge in [0.1, 0.15) is 5.76 Å². The predicted molar refractivity (Wildman–Crippen MR) is 64.3 cm³/mol. The minimum Gasteiger partial charge on any atom is -0.456 e. The van der Waals surface area contributed by atoms with Gasteiger partial charge in [0.25, 0.3) is 5.91 Å². The van der Waals surface area contributed by atoms with E-state index in [0.717, 1.165) is 18.6 Å². The fraction of sp³-hybridized carbons (Fsp3) is 0.455. The van der Waals surface area contributed by atoms with Crippen LogP contribution < -0.4 is 5.73 Å². The van der Waals surface area contributed by atoms with Gasteiger partial charge in [-0.25, -0.2) is 0 Å². The summed E-state index contributed by atoms with van der Waals surface area (Å²) in [6.45, 7) is 2.51. The number of hydrogen-bond donors (Lipinski definition) is 1. The van der Waals surface area contributed by atoms with Crippen molar-refractivity contribution in [3.05, 3.63) is 23.7 Å². The van der Waals surface area contributed by atoms with E-state index in [1.165, 1.54) is 0 Å². The highest BCUT2D eigenvalue weighted by Crippen LogP contribution is 2.21. The number of thiocarbonyl (C=S) groups is 1. The second kappa shape index (κ2) is 4.25. The van der Waals surface area contributed by atoms with Gasteiger partial charge in [0, 0.05) is 6.54 Å². The second-order valence-electron chi connectivity index (χ2n) is 3.97. The first-order valence-electron chi connectivity index (χ1n) is 5.26. The number of rotatable bonds is 2. The molecular formula is C11H14N2O2S. The summed E-state index contributed by atoms with van der Waals surface area (Å²) >= 11 is 4.96. The Labute approximate surface area is 99.4 Å². The van der Waals surface area contributed by atoms with E-state index in [1.807, 2.05) is 6.92 Å². The van der Waals surface area contributed by atoms with Gasteiger partial charge in [0.2, 0.25) is 0 Å². The molecule has 0 spiro atoms. The number of furan rings is 1. The Kier molecular flexibility index (Phi) is 2.96. The highest BCUT2D eigenvalue weighted by atomic mass is 32.1. The van der Waals surface area contributed by atoms with E-state index in [9.17, 15) is 4.79 Å². The molecule has 1 atom stereocenters. The fourth-order valence-electron chi connectivity index (χ4n) is 2.00. The molecule has 0 aliphatic carbocycles. The first-order chi connectivity index (χ1) is 7.59. The highest BCUT2D eigenvalue weighted by molar-refractivity contribution is 7.80. The van der Waals surface area contributed by atoms with E-state index < -0.39 is 0 Å². The van der Waals surface area contributed by atoms with E-state index in [0.29, 0.717) is 17.3 Å². The summed E-state index contributed by atoms with van der Waals surface area (Å²) in [5.74, 6) is 0.971. The van der Waals surface area contributed by atoms with Crippen LogP contribution in [0, 0.1) is 6.92 Å². The van der Waals surface area contributed by atoms with E-state index >= 15 is 0 Å². The molecule has 1 aromatic heterocycles. The van der Waals surface area contributed by atoms with Crippen molar-refractivity contribution < 1.29 is 9.21 Å². The molecule has 5 heteroatoms. The Morgan fingerprint density at radius 2 is 2.38 bits per heavy atom. The van der Waals surface area contributed by atoms with Crippen molar-refractivity contribution in [3.63, 3.8) is 0 Å². The molecule has 1 fully saturated rings. The number of amides is 1. The second-order valence-corrected chi connectivity index (χ2v) is 4.44. The summed E-state index contributed by atoms with van der Waals surface area (Å²) in [6, 6.07) is 3.35. The molecule has 1 saturated heterocycles. The van der Waals surface area contributed by atoms with Gasteiger partial charge in [-0.15, -0.1) is 0 Å². The minimum atomic E-state index is -0.122. The zero-order chi connectivity index (χ0) is 11.7. The van der Waals surface area contributed by atoms with Crippen molar-refractivity contribution in [2.24, 2.45) is 5.73 Å². The zero-order valence-corrected chi connectivity index (χ0v) is 9.92. The average Bonchev–Trinajstić information content (AvgIpc) is 2.84. The molecule has 86 valence electrons. The van der Waals surface area contributed by atoms with Crippen molar-refractivity contribution in [3.8, 4) is 0 Å². The van der Waals surface area contributed by atoms with Gasteiger partial charge >= 0.3 is 0 Å². The Balaban J connectivity index is 2.18. The Bertz CT molecular complexity index is 427. The smallest absolute Gasteiger partial charge is 0.290 e. The average molecular weight is 238 g/mol. The number of nitrogens with zero attached hydrogens (tertiary/aromatic N) is 1. The van der Waals surface area contributed by atoms with Crippen LogP contribution in [0.3, 0.4) is 0 Å². The third-order valence-electron chi connectivity index (χ3n) is 2.79. The molecule has 2 N–H and O–H groups in total. The lowest BCUT2D eigenvalue weighted by molar-refractivity contribution is 0.0737. The number of aryl methyl sites for hydroxylation is 1. The van der Waals surface area contributed by atoms with Gasteiger partial charge in [-0.05, 0) is 31.9 Å². The summed E-state index contributed by atoms with van der Waals surface area (Å²) < 4.78 is 5.31. The van der Waals surface area contributed by atoms with Crippen LogP contribution >= 0.6 is 12.2 Å². The van der Waals surface area contributed by atoms with Crippen molar-refractivity contribution in [1.29, 1.82) is 0 Å². The summed E-state index contributed by atoms with van der Waals surface area (Å²) in [6.07, 6.45) is 1.79. The van der Waals surface area contributed by atoms with Crippen LogP contribution in [0.5, 0.6) is 0 Å². The van der Waals surface area contributed by atoms with Gasteiger partial charge < -0.3 is 15.1 Å². The monoisotopic (exact) mass is 238 g/mol. The van der Waals surface area contributed by atoms with Crippen LogP contribution in [-0.2, 0) is 0 Å². The topological polar surface area (TPSA) is 59.5 Å². The van der Waals surface area contributed by atoms with Crippen LogP contribution in [0.1, 0.15) is 29.2 Å². The minimum absolute atomic E-state index is 0.118. The van der Waals surface area contributed by atoms with Crippen LogP contribution in [-0.4, -0.2) is 28.4 Å². The van der Waals surface area contributed by atoms with E-state index in [4.69, 9.17) is 22.4 Å². The van der Waals surface area contributed by atoms with Crippen molar-refractivity contribution in [2.75, 3.05) is 6.54 Å². The van der Waals surface area contributed by atoms with Gasteiger partial charge in [-0.2, -0.15) is 0 Å². The highest BCUT2D eigenvalue weighted by Gasteiger charge is 2.32. The quantitative estimate of drug-likeness (QED) is 0.793. The molecule has 1 aromatic rings. The predicted octanol–water partition coefficient (Wildman–Crippen LogP) is 1.48. The molecular weight excluding hydrogens is 224 g/mol. The van der Waals surface area contributed by atoms with E-state index in [-0.39, 0.29) is 11.9 Å². The largest absolute Gasteiger partial charge is 0.456 e. The molecule has 1 unspecified atom stereocenters. The van der Waals surface area contributed by atoms with Gasteiger partial charge in [-0.1, -0.05) is 12.2 Å². The third kappa shape index (κ3) is 1.95. The van der Waals surface area contributed by atoms with Gasteiger partial charge in [0.05, 0.1) is 11.0 Å². The number of hydrogen-bond acceptors (Lipinski definition) is 3. The normalized spacial score (nSPS) is 20.1. The molecule has 1 amide bonds. The summed E-state index contributed by atoms with van der Waals surface area (Å²) in [5, 5.41) is 0. The third-order valence-corrected chi connectivity index (χ3v) is 3.07. The fourth-order valence-corrected chi connectivity index (χ4v) is 2.24. The zero-order valence-electron chi connectivity index (χ0n) is 9.10. The Morgan fingerprint density at radius 1 is 1.62 bits per heavy atom. The molecule has 0 saturated carbocycles. The SMILES string of the molecule is Cc1ccc(C(=O)N2CCCC2C(N)=S)o1. The summed E-state index contributed by atoms with van der Waals surface area (Å²) in [7, 11) is 0. The maximum Gasteiger partial charge on any atom is 0.290 e. The van der Waals surface area contributed by atoms with Crippen molar-refractivity contribution in [1.82, 2.24) is 4.90 Å². The van der Waals surface area contributed by atoms with Gasteiger partial charge in [0.15, 0.2) is 5.76 Å². The molecule has 1 aliphatic rings. The number of carbonyl (C=O) groups is 1. The standard InChI is InChI=1S/C11H14N2O2S/c1-7-4-5-9(15-7)11(14)13-6-2-3-8(13)10(12)16/h4-5,8H,2-3,6H2,1H3,(H2,12,16). The number of carbonyl (C=O) groups excluding carboxylic acids is 1. The van der Waals surface area contributed by atoms with E-state index in [2.05, 4.69) is 0 Å². The Hall–Kier alpha value is -1.36. The van der Waals surface area contributed by atoms with Gasteiger partial charge in [-0.3, -0.25) is 4.79 Å². The van der Waals surface area contributed by atoms with Crippen LogP contribution in [0.15, 0.2) is 16.5 Å². The molecule has 0 bridgehead atoms. The summed E-state index contributed by atoms with van der Waals surface area (Å²) in [4.78, 5) is 14.2. The maximum absolute atomic E-state index is 12.1. The van der Waals surface area contributed by atoms with Crippen molar-refractivity contribution in [2.45, 2.75) is 25.8 Å². The van der Waals surface area contributed by atoms with Crippen LogP contribution in [0.4, 0.5) is 0 Å². The lowest BCUT2D eigenvalue weighted by Crippen LogP contribution is -2.42. The first kappa shape index (κ1) is 11.1. The molecule has 2 rings (SSSR count). The molecule has 2 heterocycles. The Morgan fingerprint density at radius 3 is 2.94 bits per heavy atom. The molecule has 16 heavy (non-hydrogen) atoms. The van der Waals surface area contributed by atoms with Crippen LogP contribution in [0.2, 0.25) is 0 Å². The van der Waals surface area contributed by atoms with Crippen molar-refractivity contribution >= 4 is 23.1 Å². The first-order valence-corrected chi connectivity index (χ1v) is 5.67. The van der Waals surface area contributed by atoms with E-state index in [1.54, 1.807) is 17.0 Å². The number of likely N-dealkylation sites (tertiary alicyclic amines) is 1. The maximum atomic E-state index is 12.1. The lowest BCUT2D eigenvalue weighted by Gasteiger charge is -2.22. The molecule has 0 radical (unpaired) electrons.